The zero-order valence-corrected chi connectivity index (χ0v) is 13.6. The smallest absolute Gasteiger partial charge is 0.374 e. The van der Waals surface area contributed by atoms with E-state index in [1.54, 1.807) is 37.6 Å². The Morgan fingerprint density at radius 2 is 2.00 bits per heavy atom. The number of rotatable bonds is 6. The van der Waals surface area contributed by atoms with Gasteiger partial charge in [-0.2, -0.15) is 0 Å². The molecule has 128 valence electrons. The van der Waals surface area contributed by atoms with Crippen LogP contribution in [-0.4, -0.2) is 28.0 Å². The van der Waals surface area contributed by atoms with Crippen molar-refractivity contribution in [1.29, 1.82) is 0 Å². The molecule has 0 aliphatic rings. The third-order valence-corrected chi connectivity index (χ3v) is 3.49. The Morgan fingerprint density at radius 1 is 1.20 bits per heavy atom. The summed E-state index contributed by atoms with van der Waals surface area (Å²) in [7, 11) is 0. The van der Waals surface area contributed by atoms with Gasteiger partial charge in [-0.3, -0.25) is 4.79 Å². The zero-order chi connectivity index (χ0) is 17.6. The highest BCUT2D eigenvalue weighted by atomic mass is 16.5. The summed E-state index contributed by atoms with van der Waals surface area (Å²) < 4.78 is 12.1. The number of carbonyl (C=O) groups excluding carboxylic acids is 2. The number of esters is 1. The number of nitrogens with zero attached hydrogens (tertiary/aromatic N) is 2. The van der Waals surface area contributed by atoms with Crippen molar-refractivity contribution in [2.75, 3.05) is 6.61 Å². The average Bonchev–Trinajstić information content (AvgIpc) is 3.32. The molecule has 2 heterocycles. The van der Waals surface area contributed by atoms with Gasteiger partial charge in [0.25, 0.3) is 5.91 Å². The monoisotopic (exact) mass is 339 g/mol. The minimum atomic E-state index is -0.518. The Kier molecular flexibility index (Phi) is 4.94. The van der Waals surface area contributed by atoms with E-state index in [0.29, 0.717) is 11.3 Å². The molecular formula is C18H17N3O4. The van der Waals surface area contributed by atoms with E-state index in [4.69, 9.17) is 9.15 Å². The Morgan fingerprint density at radius 3 is 2.68 bits per heavy atom. The fraction of sp³-hybridized carbons (Fsp3) is 0.167. The molecule has 0 atom stereocenters. The largest absolute Gasteiger partial charge is 0.460 e. The molecule has 0 spiro atoms. The van der Waals surface area contributed by atoms with Crippen molar-refractivity contribution < 1.29 is 18.7 Å². The molecule has 1 aromatic carbocycles. The Balaban J connectivity index is 1.58. The lowest BCUT2D eigenvalue weighted by molar-refractivity contribution is 0.0488. The molecule has 0 fully saturated rings. The normalized spacial score (nSPS) is 10.4. The summed E-state index contributed by atoms with van der Waals surface area (Å²) >= 11 is 0. The Labute approximate surface area is 144 Å². The van der Waals surface area contributed by atoms with Crippen LogP contribution < -0.4 is 5.32 Å². The molecule has 0 saturated carbocycles. The van der Waals surface area contributed by atoms with Gasteiger partial charge in [-0.25, -0.2) is 9.78 Å². The molecule has 1 amide bonds. The molecule has 0 radical (unpaired) electrons. The second-order valence-corrected chi connectivity index (χ2v) is 5.19. The number of carbonyl (C=O) groups is 2. The molecule has 7 nitrogen and oxygen atoms in total. The Bertz CT molecular complexity index is 851. The van der Waals surface area contributed by atoms with E-state index in [1.807, 2.05) is 22.9 Å². The van der Waals surface area contributed by atoms with Gasteiger partial charge < -0.3 is 19.0 Å². The van der Waals surface area contributed by atoms with Crippen LogP contribution in [0.25, 0.3) is 5.69 Å². The summed E-state index contributed by atoms with van der Waals surface area (Å²) in [4.78, 5) is 27.7. The van der Waals surface area contributed by atoms with E-state index >= 15 is 0 Å². The minimum absolute atomic E-state index is 0.121. The number of imidazole rings is 1. The zero-order valence-electron chi connectivity index (χ0n) is 13.6. The summed E-state index contributed by atoms with van der Waals surface area (Å²) in [5, 5.41) is 2.75. The van der Waals surface area contributed by atoms with Crippen LogP contribution in [0.15, 0.2) is 59.5 Å². The fourth-order valence-corrected chi connectivity index (χ4v) is 2.25. The summed E-state index contributed by atoms with van der Waals surface area (Å²) in [6.07, 6.45) is 5.20. The number of hydrogen-bond acceptors (Lipinski definition) is 5. The first-order valence-electron chi connectivity index (χ1n) is 7.80. The van der Waals surface area contributed by atoms with Crippen molar-refractivity contribution in [1.82, 2.24) is 14.9 Å². The number of ether oxygens (including phenoxy) is 1. The lowest BCUT2D eigenvalue weighted by atomic mass is 10.2. The van der Waals surface area contributed by atoms with Gasteiger partial charge >= 0.3 is 5.97 Å². The van der Waals surface area contributed by atoms with Crippen LogP contribution in [0, 0.1) is 0 Å². The molecule has 0 unspecified atom stereocenters. The second kappa shape index (κ2) is 7.48. The van der Waals surface area contributed by atoms with Crippen LogP contribution in [-0.2, 0) is 11.3 Å². The van der Waals surface area contributed by atoms with Crippen LogP contribution >= 0.6 is 0 Å². The van der Waals surface area contributed by atoms with Crippen LogP contribution in [0.5, 0.6) is 0 Å². The minimum Gasteiger partial charge on any atom is -0.460 e. The van der Waals surface area contributed by atoms with Crippen molar-refractivity contribution in [3.63, 3.8) is 0 Å². The number of furan rings is 1. The SMILES string of the molecule is CCOC(=O)c1ccc(CNC(=O)c2ccc(-n3ccnc3)cc2)o1. The van der Waals surface area contributed by atoms with E-state index < -0.39 is 5.97 Å². The van der Waals surface area contributed by atoms with Crippen LogP contribution in [0.2, 0.25) is 0 Å². The van der Waals surface area contributed by atoms with Gasteiger partial charge in [-0.15, -0.1) is 0 Å². The summed E-state index contributed by atoms with van der Waals surface area (Å²) in [5.41, 5.74) is 1.44. The predicted octanol–water partition coefficient (Wildman–Crippen LogP) is 2.57. The molecule has 0 saturated heterocycles. The molecular weight excluding hydrogens is 322 g/mol. The van der Waals surface area contributed by atoms with E-state index in [0.717, 1.165) is 5.69 Å². The number of aromatic nitrogens is 2. The van der Waals surface area contributed by atoms with Gasteiger partial charge in [0.15, 0.2) is 0 Å². The van der Waals surface area contributed by atoms with E-state index in [2.05, 4.69) is 10.3 Å². The highest BCUT2D eigenvalue weighted by Gasteiger charge is 2.13. The highest BCUT2D eigenvalue weighted by molar-refractivity contribution is 5.94. The maximum Gasteiger partial charge on any atom is 0.374 e. The third-order valence-electron chi connectivity index (χ3n) is 3.49. The van der Waals surface area contributed by atoms with Gasteiger partial charge in [0.1, 0.15) is 5.76 Å². The second-order valence-electron chi connectivity index (χ2n) is 5.19. The average molecular weight is 339 g/mol. The third kappa shape index (κ3) is 3.95. The molecule has 0 bridgehead atoms. The van der Waals surface area contributed by atoms with Crippen molar-refractivity contribution in [3.05, 3.63) is 72.2 Å². The van der Waals surface area contributed by atoms with Gasteiger partial charge in [0, 0.05) is 23.6 Å². The molecule has 0 aliphatic heterocycles. The molecule has 3 rings (SSSR count). The highest BCUT2D eigenvalue weighted by Crippen LogP contribution is 2.11. The van der Waals surface area contributed by atoms with E-state index in [-0.39, 0.29) is 24.8 Å². The summed E-state index contributed by atoms with van der Waals surface area (Å²) in [6, 6.07) is 10.3. The first kappa shape index (κ1) is 16.5. The maximum absolute atomic E-state index is 12.2. The summed E-state index contributed by atoms with van der Waals surface area (Å²) in [5.74, 6) is -0.149. The van der Waals surface area contributed by atoms with Crippen molar-refractivity contribution >= 4 is 11.9 Å². The molecule has 0 aliphatic carbocycles. The van der Waals surface area contributed by atoms with Crippen LogP contribution in [0.1, 0.15) is 33.6 Å². The number of amides is 1. The van der Waals surface area contributed by atoms with Crippen LogP contribution in [0.4, 0.5) is 0 Å². The lowest BCUT2D eigenvalue weighted by Crippen LogP contribution is -2.22. The number of benzene rings is 1. The predicted molar refractivity (Wildman–Crippen MR) is 89.4 cm³/mol. The first-order chi connectivity index (χ1) is 12.2. The molecule has 1 N–H and O–H groups in total. The fourth-order valence-electron chi connectivity index (χ4n) is 2.25. The Hall–Kier alpha value is -3.35. The topological polar surface area (TPSA) is 86.4 Å². The maximum atomic E-state index is 12.2. The standard InChI is InChI=1S/C18H17N3O4/c1-2-24-18(23)16-8-7-15(25-16)11-20-17(22)13-3-5-14(6-4-13)21-10-9-19-12-21/h3-10,12H,2,11H2,1H3,(H,20,22). The first-order valence-corrected chi connectivity index (χ1v) is 7.80. The van der Waals surface area contributed by atoms with Crippen molar-refractivity contribution in [2.45, 2.75) is 13.5 Å². The quantitative estimate of drug-likeness (QED) is 0.698. The van der Waals surface area contributed by atoms with Gasteiger partial charge in [-0.05, 0) is 43.3 Å². The van der Waals surface area contributed by atoms with E-state index in [1.165, 1.54) is 6.07 Å². The molecule has 2 aromatic heterocycles. The van der Waals surface area contributed by atoms with E-state index in [9.17, 15) is 9.59 Å². The molecule has 3 aromatic rings. The van der Waals surface area contributed by atoms with Gasteiger partial charge in [-0.1, -0.05) is 0 Å². The van der Waals surface area contributed by atoms with Gasteiger partial charge in [0.05, 0.1) is 19.5 Å². The van der Waals surface area contributed by atoms with Crippen molar-refractivity contribution in [2.24, 2.45) is 0 Å². The number of nitrogens with one attached hydrogen (secondary N) is 1. The van der Waals surface area contributed by atoms with Gasteiger partial charge in [0.2, 0.25) is 5.76 Å². The number of hydrogen-bond donors (Lipinski definition) is 1. The molecule has 7 heteroatoms. The van der Waals surface area contributed by atoms with Crippen molar-refractivity contribution in [3.8, 4) is 5.69 Å². The lowest BCUT2D eigenvalue weighted by Gasteiger charge is -2.06. The van der Waals surface area contributed by atoms with Crippen LogP contribution in [0.3, 0.4) is 0 Å². The summed E-state index contributed by atoms with van der Waals surface area (Å²) in [6.45, 7) is 2.18. The molecule has 25 heavy (non-hydrogen) atoms.